The third-order valence-corrected chi connectivity index (χ3v) is 2.70. The van der Waals surface area contributed by atoms with Crippen LogP contribution in [0.2, 0.25) is 0 Å². The molecule has 1 aromatic carbocycles. The molecule has 0 saturated carbocycles. The summed E-state index contributed by atoms with van der Waals surface area (Å²) >= 11 is 0. The van der Waals surface area contributed by atoms with Crippen molar-refractivity contribution < 1.29 is 0 Å². The lowest BCUT2D eigenvalue weighted by Gasteiger charge is -2.27. The maximum atomic E-state index is 8.86. The van der Waals surface area contributed by atoms with Gasteiger partial charge in [-0.25, -0.2) is 0 Å². The van der Waals surface area contributed by atoms with E-state index in [1.807, 2.05) is 25.1 Å². The van der Waals surface area contributed by atoms with Gasteiger partial charge in [0.15, 0.2) is 0 Å². The molecule has 0 saturated heterocycles. The third kappa shape index (κ3) is 3.27. The number of nitrogens with zero attached hydrogens (tertiary/aromatic N) is 1. The van der Waals surface area contributed by atoms with Crippen molar-refractivity contribution in [2.45, 2.75) is 46.1 Å². The molecule has 0 heterocycles. The van der Waals surface area contributed by atoms with Crippen LogP contribution in [-0.4, -0.2) is 5.54 Å². The van der Waals surface area contributed by atoms with E-state index in [0.29, 0.717) is 0 Å². The van der Waals surface area contributed by atoms with Crippen LogP contribution >= 0.6 is 0 Å². The lowest BCUT2D eigenvalue weighted by atomic mass is 9.98. The fourth-order valence-electron chi connectivity index (χ4n) is 1.95. The van der Waals surface area contributed by atoms with Crippen molar-refractivity contribution in [2.75, 3.05) is 5.32 Å². The number of aryl methyl sites for hydroxylation is 1. The Hall–Kier alpha value is -1.49. The maximum absolute atomic E-state index is 8.86. The summed E-state index contributed by atoms with van der Waals surface area (Å²) in [5, 5.41) is 12.4. The van der Waals surface area contributed by atoms with E-state index in [0.717, 1.165) is 29.7 Å². The maximum Gasteiger partial charge on any atom is 0.0994 e. The van der Waals surface area contributed by atoms with Crippen molar-refractivity contribution in [1.82, 2.24) is 0 Å². The highest BCUT2D eigenvalue weighted by molar-refractivity contribution is 5.52. The number of anilines is 1. The first-order valence-electron chi connectivity index (χ1n) is 5.77. The number of hydrogen-bond donors (Lipinski definition) is 1. The van der Waals surface area contributed by atoms with E-state index in [1.54, 1.807) is 0 Å². The molecule has 0 aliphatic carbocycles. The van der Waals surface area contributed by atoms with Crippen molar-refractivity contribution in [3.63, 3.8) is 0 Å². The SMILES string of the molecule is CCCC(C)(C)Nc1ccc(C#N)c(C)c1. The molecule has 1 N–H and O–H groups in total. The van der Waals surface area contributed by atoms with Crippen LogP contribution in [0.5, 0.6) is 0 Å². The van der Waals surface area contributed by atoms with E-state index in [1.165, 1.54) is 0 Å². The van der Waals surface area contributed by atoms with Crippen molar-refractivity contribution >= 4 is 5.69 Å². The highest BCUT2D eigenvalue weighted by atomic mass is 15.0. The molecule has 0 unspecified atom stereocenters. The van der Waals surface area contributed by atoms with Crippen molar-refractivity contribution in [2.24, 2.45) is 0 Å². The molecule has 0 aliphatic heterocycles. The Morgan fingerprint density at radius 3 is 2.56 bits per heavy atom. The number of hydrogen-bond acceptors (Lipinski definition) is 2. The van der Waals surface area contributed by atoms with Crippen LogP contribution in [0.3, 0.4) is 0 Å². The Kier molecular flexibility index (Phi) is 3.95. The molecule has 0 atom stereocenters. The van der Waals surface area contributed by atoms with Crippen LogP contribution in [0.25, 0.3) is 0 Å². The van der Waals surface area contributed by atoms with E-state index in [-0.39, 0.29) is 5.54 Å². The van der Waals surface area contributed by atoms with Gasteiger partial charge in [0.1, 0.15) is 0 Å². The summed E-state index contributed by atoms with van der Waals surface area (Å²) in [4.78, 5) is 0. The molecule has 2 heteroatoms. The predicted octanol–water partition coefficient (Wildman–Crippen LogP) is 3.86. The van der Waals surface area contributed by atoms with Gasteiger partial charge in [-0.1, -0.05) is 13.3 Å². The molecular weight excluding hydrogens is 196 g/mol. The third-order valence-electron chi connectivity index (χ3n) is 2.70. The fourth-order valence-corrected chi connectivity index (χ4v) is 1.95. The zero-order chi connectivity index (χ0) is 12.2. The second kappa shape index (κ2) is 5.03. The van der Waals surface area contributed by atoms with E-state index >= 15 is 0 Å². The van der Waals surface area contributed by atoms with Gasteiger partial charge in [-0.2, -0.15) is 5.26 Å². The smallest absolute Gasteiger partial charge is 0.0994 e. The highest BCUT2D eigenvalue weighted by Gasteiger charge is 2.15. The average Bonchev–Trinajstić information content (AvgIpc) is 2.17. The number of nitriles is 1. The zero-order valence-corrected chi connectivity index (χ0v) is 10.6. The van der Waals surface area contributed by atoms with Crippen molar-refractivity contribution in [3.05, 3.63) is 29.3 Å². The molecule has 86 valence electrons. The zero-order valence-electron chi connectivity index (χ0n) is 10.6. The molecule has 0 amide bonds. The highest BCUT2D eigenvalue weighted by Crippen LogP contribution is 2.21. The molecule has 0 aromatic heterocycles. The molecule has 0 aliphatic rings. The van der Waals surface area contributed by atoms with E-state index in [9.17, 15) is 0 Å². The lowest BCUT2D eigenvalue weighted by Crippen LogP contribution is -2.30. The summed E-state index contributed by atoms with van der Waals surface area (Å²) < 4.78 is 0. The molecule has 0 radical (unpaired) electrons. The summed E-state index contributed by atoms with van der Waals surface area (Å²) in [6, 6.07) is 8.07. The summed E-state index contributed by atoms with van der Waals surface area (Å²) in [5.41, 5.74) is 2.98. The first-order chi connectivity index (χ1) is 7.48. The Morgan fingerprint density at radius 2 is 2.06 bits per heavy atom. The second-order valence-corrected chi connectivity index (χ2v) is 4.90. The number of nitrogens with one attached hydrogen (secondary N) is 1. The minimum absolute atomic E-state index is 0.106. The van der Waals surface area contributed by atoms with Crippen molar-refractivity contribution in [3.8, 4) is 6.07 Å². The summed E-state index contributed by atoms with van der Waals surface area (Å²) in [7, 11) is 0. The van der Waals surface area contributed by atoms with Crippen LogP contribution in [0, 0.1) is 18.3 Å². The Morgan fingerprint density at radius 1 is 1.38 bits per heavy atom. The first kappa shape index (κ1) is 12.6. The van der Waals surface area contributed by atoms with Gasteiger partial charge in [0, 0.05) is 11.2 Å². The van der Waals surface area contributed by atoms with E-state index in [4.69, 9.17) is 5.26 Å². The van der Waals surface area contributed by atoms with Gasteiger partial charge in [0.25, 0.3) is 0 Å². The first-order valence-corrected chi connectivity index (χ1v) is 5.77. The second-order valence-electron chi connectivity index (χ2n) is 4.90. The molecular formula is C14H20N2. The Labute approximate surface area is 98.3 Å². The average molecular weight is 216 g/mol. The molecule has 1 rings (SSSR count). The summed E-state index contributed by atoms with van der Waals surface area (Å²) in [6.07, 6.45) is 2.29. The largest absolute Gasteiger partial charge is 0.380 e. The number of benzene rings is 1. The minimum Gasteiger partial charge on any atom is -0.380 e. The van der Waals surface area contributed by atoms with Crippen LogP contribution < -0.4 is 5.32 Å². The van der Waals surface area contributed by atoms with Crippen LogP contribution in [-0.2, 0) is 0 Å². The van der Waals surface area contributed by atoms with E-state index < -0.39 is 0 Å². The minimum atomic E-state index is 0.106. The van der Waals surface area contributed by atoms with Crippen molar-refractivity contribution in [1.29, 1.82) is 5.26 Å². The molecule has 2 nitrogen and oxygen atoms in total. The Bertz CT molecular complexity index is 400. The standard InChI is InChI=1S/C14H20N2/c1-5-8-14(3,4)16-13-7-6-12(10-15)11(2)9-13/h6-7,9,16H,5,8H2,1-4H3. The molecule has 1 aromatic rings. The summed E-state index contributed by atoms with van der Waals surface area (Å²) in [6.45, 7) is 8.55. The van der Waals surface area contributed by atoms with Crippen LogP contribution in [0.15, 0.2) is 18.2 Å². The fraction of sp³-hybridized carbons (Fsp3) is 0.500. The quantitative estimate of drug-likeness (QED) is 0.829. The van der Waals surface area contributed by atoms with Gasteiger partial charge in [0.05, 0.1) is 11.6 Å². The van der Waals surface area contributed by atoms with Gasteiger partial charge >= 0.3 is 0 Å². The molecule has 0 bridgehead atoms. The van der Waals surface area contributed by atoms with Crippen LogP contribution in [0.1, 0.15) is 44.7 Å². The summed E-state index contributed by atoms with van der Waals surface area (Å²) in [5.74, 6) is 0. The van der Waals surface area contributed by atoms with Gasteiger partial charge in [0.2, 0.25) is 0 Å². The molecule has 0 spiro atoms. The lowest BCUT2D eigenvalue weighted by molar-refractivity contribution is 0.511. The topological polar surface area (TPSA) is 35.8 Å². The monoisotopic (exact) mass is 216 g/mol. The number of rotatable bonds is 4. The van der Waals surface area contributed by atoms with Crippen LogP contribution in [0.4, 0.5) is 5.69 Å². The molecule has 16 heavy (non-hydrogen) atoms. The van der Waals surface area contributed by atoms with Gasteiger partial charge in [-0.15, -0.1) is 0 Å². The normalized spacial score (nSPS) is 10.9. The van der Waals surface area contributed by atoms with Gasteiger partial charge in [-0.3, -0.25) is 0 Å². The van der Waals surface area contributed by atoms with E-state index in [2.05, 4.69) is 32.2 Å². The van der Waals surface area contributed by atoms with Gasteiger partial charge in [-0.05, 0) is 51.0 Å². The molecule has 0 fully saturated rings. The van der Waals surface area contributed by atoms with Gasteiger partial charge < -0.3 is 5.32 Å². The Balaban J connectivity index is 2.84. The predicted molar refractivity (Wildman–Crippen MR) is 68.5 cm³/mol.